The van der Waals surface area contributed by atoms with Crippen molar-refractivity contribution in [2.75, 3.05) is 19.8 Å². The molecule has 0 saturated carbocycles. The van der Waals surface area contributed by atoms with Crippen LogP contribution in [0.25, 0.3) is 0 Å². The van der Waals surface area contributed by atoms with Gasteiger partial charge in [0.15, 0.2) is 0 Å². The Bertz CT molecular complexity index is 585. The largest absolute Gasteiger partial charge is 0.481 e. The van der Waals surface area contributed by atoms with Gasteiger partial charge in [-0.25, -0.2) is 0 Å². The summed E-state index contributed by atoms with van der Waals surface area (Å²) in [6.45, 7) is 4.63. The first kappa shape index (κ1) is 20.4. The average molecular weight is 363 g/mol. The van der Waals surface area contributed by atoms with Gasteiger partial charge in [-0.2, -0.15) is 0 Å². The molecule has 6 heteroatoms. The average Bonchev–Trinajstić information content (AvgIpc) is 2.68. The quantitative estimate of drug-likeness (QED) is 0.704. The van der Waals surface area contributed by atoms with E-state index < -0.39 is 17.5 Å². The first-order valence-electron chi connectivity index (χ1n) is 9.29. The second-order valence-electron chi connectivity index (χ2n) is 6.79. The van der Waals surface area contributed by atoms with Gasteiger partial charge in [0.05, 0.1) is 12.7 Å². The van der Waals surface area contributed by atoms with Crippen molar-refractivity contribution in [2.45, 2.75) is 57.2 Å². The highest BCUT2D eigenvalue weighted by Gasteiger charge is 2.39. The molecular weight excluding hydrogens is 334 g/mol. The van der Waals surface area contributed by atoms with E-state index in [4.69, 9.17) is 9.47 Å². The van der Waals surface area contributed by atoms with Crippen LogP contribution >= 0.6 is 0 Å². The monoisotopic (exact) mass is 363 g/mol. The van der Waals surface area contributed by atoms with Crippen LogP contribution in [0.2, 0.25) is 0 Å². The SMILES string of the molecule is CCC(CNC(=O)C(C)OCC1CCCCO1)(C(=O)O)c1ccccc1. The maximum Gasteiger partial charge on any atom is 0.315 e. The van der Waals surface area contributed by atoms with Gasteiger partial charge in [0.1, 0.15) is 11.5 Å². The molecule has 6 nitrogen and oxygen atoms in total. The third-order valence-corrected chi connectivity index (χ3v) is 5.08. The van der Waals surface area contributed by atoms with Crippen molar-refractivity contribution in [2.24, 2.45) is 0 Å². The van der Waals surface area contributed by atoms with Crippen LogP contribution in [-0.2, 0) is 24.5 Å². The van der Waals surface area contributed by atoms with Crippen molar-refractivity contribution >= 4 is 11.9 Å². The number of carboxylic acids is 1. The number of carboxylic acid groups (broad SMARTS) is 1. The number of aliphatic carboxylic acids is 1. The predicted molar refractivity (Wildman–Crippen MR) is 98.1 cm³/mol. The molecule has 1 aliphatic heterocycles. The highest BCUT2D eigenvalue weighted by molar-refractivity contribution is 5.84. The molecule has 0 bridgehead atoms. The van der Waals surface area contributed by atoms with Gasteiger partial charge < -0.3 is 19.9 Å². The molecule has 0 aliphatic carbocycles. The Kier molecular flexibility index (Phi) is 7.60. The molecular formula is C20H29NO5. The fourth-order valence-corrected chi connectivity index (χ4v) is 3.19. The number of carbonyl (C=O) groups is 2. The Morgan fingerprint density at radius 3 is 2.65 bits per heavy atom. The third-order valence-electron chi connectivity index (χ3n) is 5.08. The zero-order chi connectivity index (χ0) is 19.0. The zero-order valence-electron chi connectivity index (χ0n) is 15.6. The van der Waals surface area contributed by atoms with Gasteiger partial charge in [-0.15, -0.1) is 0 Å². The molecule has 0 aromatic heterocycles. The summed E-state index contributed by atoms with van der Waals surface area (Å²) in [5.74, 6) is -1.26. The van der Waals surface area contributed by atoms with Crippen molar-refractivity contribution in [1.29, 1.82) is 0 Å². The predicted octanol–water partition coefficient (Wildman–Crippen LogP) is 2.51. The highest BCUT2D eigenvalue weighted by Crippen LogP contribution is 2.28. The minimum absolute atomic E-state index is 0.0231. The van der Waals surface area contributed by atoms with E-state index >= 15 is 0 Å². The lowest BCUT2D eigenvalue weighted by Gasteiger charge is -2.30. The fraction of sp³-hybridized carbons (Fsp3) is 0.600. The summed E-state index contributed by atoms with van der Waals surface area (Å²) < 4.78 is 11.2. The smallest absolute Gasteiger partial charge is 0.315 e. The van der Waals surface area contributed by atoms with Gasteiger partial charge in [-0.1, -0.05) is 37.3 Å². The standard InChI is InChI=1S/C20H29NO5/c1-3-20(19(23)24,16-9-5-4-6-10-16)14-21-18(22)15(2)26-13-17-11-7-8-12-25-17/h4-6,9-10,15,17H,3,7-8,11-14H2,1-2H3,(H,21,22)(H,23,24). The Hall–Kier alpha value is -1.92. The second-order valence-corrected chi connectivity index (χ2v) is 6.79. The Morgan fingerprint density at radius 1 is 1.35 bits per heavy atom. The van der Waals surface area contributed by atoms with Gasteiger partial charge in [0, 0.05) is 13.2 Å². The lowest BCUT2D eigenvalue weighted by atomic mass is 9.78. The summed E-state index contributed by atoms with van der Waals surface area (Å²) >= 11 is 0. The molecule has 3 atom stereocenters. The number of nitrogens with one attached hydrogen (secondary N) is 1. The number of hydrogen-bond acceptors (Lipinski definition) is 4. The van der Waals surface area contributed by atoms with E-state index in [1.807, 2.05) is 13.0 Å². The molecule has 2 rings (SSSR count). The molecule has 1 amide bonds. The molecule has 1 aromatic rings. The summed E-state index contributed by atoms with van der Waals surface area (Å²) in [6, 6.07) is 9.02. The number of rotatable bonds is 9. The molecule has 1 aliphatic rings. The summed E-state index contributed by atoms with van der Waals surface area (Å²) in [5.41, 5.74) is -0.470. The first-order valence-corrected chi connectivity index (χ1v) is 9.29. The first-order chi connectivity index (χ1) is 12.5. The van der Waals surface area contributed by atoms with Crippen LogP contribution < -0.4 is 5.32 Å². The third kappa shape index (κ3) is 5.05. The Morgan fingerprint density at radius 2 is 2.08 bits per heavy atom. The van der Waals surface area contributed by atoms with Crippen molar-refractivity contribution < 1.29 is 24.2 Å². The lowest BCUT2D eigenvalue weighted by Crippen LogP contribution is -2.48. The minimum atomic E-state index is -1.15. The molecule has 0 spiro atoms. The van der Waals surface area contributed by atoms with E-state index in [1.165, 1.54) is 0 Å². The summed E-state index contributed by atoms with van der Waals surface area (Å²) in [5, 5.41) is 12.6. The van der Waals surface area contributed by atoms with Crippen LogP contribution in [-0.4, -0.2) is 48.9 Å². The van der Waals surface area contributed by atoms with Crippen molar-refractivity contribution in [3.63, 3.8) is 0 Å². The number of benzene rings is 1. The van der Waals surface area contributed by atoms with E-state index in [0.29, 0.717) is 18.6 Å². The Labute approximate surface area is 154 Å². The summed E-state index contributed by atoms with van der Waals surface area (Å²) in [4.78, 5) is 24.3. The molecule has 1 saturated heterocycles. The van der Waals surface area contributed by atoms with E-state index in [1.54, 1.807) is 31.2 Å². The van der Waals surface area contributed by atoms with Crippen molar-refractivity contribution in [3.05, 3.63) is 35.9 Å². The van der Waals surface area contributed by atoms with Gasteiger partial charge in [-0.05, 0) is 38.2 Å². The van der Waals surface area contributed by atoms with Gasteiger partial charge in [0.25, 0.3) is 0 Å². The van der Waals surface area contributed by atoms with Crippen LogP contribution in [0, 0.1) is 0 Å². The van der Waals surface area contributed by atoms with Crippen LogP contribution in [0.1, 0.15) is 45.1 Å². The number of ether oxygens (including phenoxy) is 2. The van der Waals surface area contributed by atoms with Crippen molar-refractivity contribution in [1.82, 2.24) is 5.32 Å². The van der Waals surface area contributed by atoms with Crippen LogP contribution in [0.3, 0.4) is 0 Å². The molecule has 144 valence electrons. The zero-order valence-corrected chi connectivity index (χ0v) is 15.6. The van der Waals surface area contributed by atoms with Gasteiger partial charge in [-0.3, -0.25) is 9.59 Å². The normalized spacial score (nSPS) is 20.8. The molecule has 0 radical (unpaired) electrons. The number of hydrogen-bond donors (Lipinski definition) is 2. The maximum atomic E-state index is 12.4. The highest BCUT2D eigenvalue weighted by atomic mass is 16.5. The molecule has 26 heavy (non-hydrogen) atoms. The Balaban J connectivity index is 1.92. The minimum Gasteiger partial charge on any atom is -0.481 e. The van der Waals surface area contributed by atoms with Crippen molar-refractivity contribution in [3.8, 4) is 0 Å². The second kappa shape index (κ2) is 9.69. The van der Waals surface area contributed by atoms with Crippen LogP contribution in [0.15, 0.2) is 30.3 Å². The van der Waals surface area contributed by atoms with E-state index in [-0.39, 0.29) is 18.6 Å². The lowest BCUT2D eigenvalue weighted by molar-refractivity contribution is -0.144. The van der Waals surface area contributed by atoms with E-state index in [2.05, 4.69) is 5.32 Å². The maximum absolute atomic E-state index is 12.4. The molecule has 1 aromatic carbocycles. The molecule has 1 heterocycles. The fourth-order valence-electron chi connectivity index (χ4n) is 3.19. The van der Waals surface area contributed by atoms with E-state index in [9.17, 15) is 14.7 Å². The number of carbonyl (C=O) groups excluding carboxylic acids is 1. The topological polar surface area (TPSA) is 84.9 Å². The van der Waals surface area contributed by atoms with E-state index in [0.717, 1.165) is 25.9 Å². The van der Waals surface area contributed by atoms with Crippen LogP contribution in [0.4, 0.5) is 0 Å². The summed E-state index contributed by atoms with van der Waals surface area (Å²) in [7, 11) is 0. The summed E-state index contributed by atoms with van der Waals surface area (Å²) in [6.07, 6.45) is 2.89. The van der Waals surface area contributed by atoms with Crippen LogP contribution in [0.5, 0.6) is 0 Å². The number of amides is 1. The van der Waals surface area contributed by atoms with Gasteiger partial charge >= 0.3 is 5.97 Å². The molecule has 2 N–H and O–H groups in total. The van der Waals surface area contributed by atoms with Gasteiger partial charge in [0.2, 0.25) is 5.91 Å². The molecule has 1 fully saturated rings. The molecule has 3 unspecified atom stereocenters.